The van der Waals surface area contributed by atoms with Crippen LogP contribution in [0.25, 0.3) is 17.1 Å². The van der Waals surface area contributed by atoms with Crippen LogP contribution >= 0.6 is 0 Å². The van der Waals surface area contributed by atoms with Gasteiger partial charge in [0.2, 0.25) is 0 Å². The van der Waals surface area contributed by atoms with Gasteiger partial charge in [0.05, 0.1) is 0 Å². The minimum atomic E-state index is 0.525. The van der Waals surface area contributed by atoms with Crippen LogP contribution in [0.15, 0.2) is 48.7 Å². The highest BCUT2D eigenvalue weighted by Gasteiger charge is 2.20. The van der Waals surface area contributed by atoms with E-state index in [-0.39, 0.29) is 0 Å². The molecule has 0 saturated heterocycles. The number of hydrogen-bond acceptors (Lipinski definition) is 3. The second-order valence-corrected chi connectivity index (χ2v) is 7.66. The predicted octanol–water partition coefficient (Wildman–Crippen LogP) is 5.19. The zero-order valence-electron chi connectivity index (χ0n) is 15.6. The van der Waals surface area contributed by atoms with Gasteiger partial charge in [0.25, 0.3) is 0 Å². The first-order chi connectivity index (χ1) is 12.7. The van der Waals surface area contributed by atoms with E-state index >= 15 is 0 Å². The van der Waals surface area contributed by atoms with Crippen molar-refractivity contribution in [3.63, 3.8) is 0 Å². The molecule has 0 amide bonds. The van der Waals surface area contributed by atoms with Crippen molar-refractivity contribution in [3.8, 4) is 17.1 Å². The van der Waals surface area contributed by atoms with Gasteiger partial charge in [-0.2, -0.15) is 0 Å². The minimum Gasteiger partial charge on any atom is -0.279 e. The van der Waals surface area contributed by atoms with Crippen LogP contribution in [-0.4, -0.2) is 19.7 Å². The van der Waals surface area contributed by atoms with E-state index < -0.39 is 0 Å². The third-order valence-electron chi connectivity index (χ3n) is 5.15. The summed E-state index contributed by atoms with van der Waals surface area (Å²) in [5.74, 6) is 3.03. The van der Waals surface area contributed by atoms with Crippen LogP contribution < -0.4 is 0 Å². The maximum Gasteiger partial charge on any atom is 0.170 e. The summed E-state index contributed by atoms with van der Waals surface area (Å²) in [6.45, 7) is 4.42. The van der Waals surface area contributed by atoms with Crippen LogP contribution in [0.4, 0.5) is 0 Å². The molecule has 2 aromatic heterocycles. The zero-order valence-corrected chi connectivity index (χ0v) is 15.6. The largest absolute Gasteiger partial charge is 0.279 e. The fourth-order valence-corrected chi connectivity index (χ4v) is 3.85. The third-order valence-corrected chi connectivity index (χ3v) is 5.15. The van der Waals surface area contributed by atoms with E-state index in [0.29, 0.717) is 11.8 Å². The molecule has 4 rings (SSSR count). The second kappa shape index (κ2) is 7.40. The van der Waals surface area contributed by atoms with Crippen molar-refractivity contribution < 1.29 is 0 Å². The van der Waals surface area contributed by atoms with E-state index in [1.54, 1.807) is 0 Å². The predicted molar refractivity (Wildman–Crippen MR) is 104 cm³/mol. The zero-order chi connectivity index (χ0) is 17.9. The van der Waals surface area contributed by atoms with E-state index in [4.69, 9.17) is 4.98 Å². The smallest absolute Gasteiger partial charge is 0.170 e. The van der Waals surface area contributed by atoms with Crippen LogP contribution in [0.3, 0.4) is 0 Å². The monoisotopic (exact) mass is 346 g/mol. The van der Waals surface area contributed by atoms with Crippen LogP contribution in [0.2, 0.25) is 0 Å². The molecule has 0 unspecified atom stereocenters. The quantitative estimate of drug-likeness (QED) is 0.639. The lowest BCUT2D eigenvalue weighted by molar-refractivity contribution is 0.612. The van der Waals surface area contributed by atoms with Gasteiger partial charge in [0.1, 0.15) is 5.82 Å². The number of rotatable bonds is 5. The molecule has 1 fully saturated rings. The highest BCUT2D eigenvalue weighted by Crippen LogP contribution is 2.33. The van der Waals surface area contributed by atoms with Gasteiger partial charge in [-0.1, -0.05) is 44.9 Å². The Balaban J connectivity index is 1.73. The van der Waals surface area contributed by atoms with Crippen LogP contribution in [0.5, 0.6) is 0 Å². The topological polar surface area (TPSA) is 43.6 Å². The lowest BCUT2D eigenvalue weighted by atomic mass is 10.0. The van der Waals surface area contributed by atoms with Gasteiger partial charge in [0.15, 0.2) is 5.82 Å². The van der Waals surface area contributed by atoms with Crippen LogP contribution in [-0.2, 0) is 6.42 Å². The van der Waals surface area contributed by atoms with Gasteiger partial charge < -0.3 is 0 Å². The molecule has 1 aliphatic carbocycles. The molecule has 26 heavy (non-hydrogen) atoms. The first-order valence-corrected chi connectivity index (χ1v) is 9.68. The summed E-state index contributed by atoms with van der Waals surface area (Å²) in [5.41, 5.74) is 3.35. The molecule has 0 radical (unpaired) electrons. The number of nitrogens with zero attached hydrogens (tertiary/aromatic N) is 4. The van der Waals surface area contributed by atoms with Crippen LogP contribution in [0, 0.1) is 5.92 Å². The summed E-state index contributed by atoms with van der Waals surface area (Å²) in [6.07, 6.45) is 8.06. The van der Waals surface area contributed by atoms with E-state index in [1.165, 1.54) is 31.4 Å². The molecule has 0 spiro atoms. The fourth-order valence-electron chi connectivity index (χ4n) is 3.85. The molecule has 1 saturated carbocycles. The highest BCUT2D eigenvalue weighted by atomic mass is 15.3. The Hall–Kier alpha value is -2.49. The van der Waals surface area contributed by atoms with Crippen molar-refractivity contribution >= 4 is 0 Å². The Bertz CT molecular complexity index is 844. The summed E-state index contributed by atoms with van der Waals surface area (Å²) in [4.78, 5) is 4.76. The highest BCUT2D eigenvalue weighted by molar-refractivity contribution is 5.58. The van der Waals surface area contributed by atoms with Gasteiger partial charge in [-0.05, 0) is 43.0 Å². The molecule has 1 aliphatic rings. The fraction of sp³-hybridized carbons (Fsp3) is 0.409. The molecule has 0 atom stereocenters. The Labute approximate surface area is 155 Å². The standard InChI is InChI=1S/C22H26N4/c1-16(2)14-21-24-25-22(26(21)19-10-4-3-5-11-19)18-12-13-20(23-15-18)17-8-6-7-9-17/h3-5,10-13,15-17H,6-9,14H2,1-2H3. The maximum atomic E-state index is 4.76. The normalized spacial score (nSPS) is 15.0. The first kappa shape index (κ1) is 17.0. The summed E-state index contributed by atoms with van der Waals surface area (Å²) < 4.78 is 2.17. The molecule has 0 aliphatic heterocycles. The molecule has 4 heteroatoms. The number of pyridine rings is 1. The van der Waals surface area contributed by atoms with E-state index in [1.807, 2.05) is 12.3 Å². The Morgan fingerprint density at radius 3 is 2.42 bits per heavy atom. The number of benzene rings is 1. The molecule has 134 valence electrons. The molecule has 4 nitrogen and oxygen atoms in total. The van der Waals surface area contributed by atoms with Gasteiger partial charge >= 0.3 is 0 Å². The summed E-state index contributed by atoms with van der Waals surface area (Å²) >= 11 is 0. The van der Waals surface area contributed by atoms with Gasteiger partial charge in [-0.25, -0.2) is 0 Å². The van der Waals surface area contributed by atoms with Crippen molar-refractivity contribution in [1.29, 1.82) is 0 Å². The number of hydrogen-bond donors (Lipinski definition) is 0. The Morgan fingerprint density at radius 1 is 1.00 bits per heavy atom. The van der Waals surface area contributed by atoms with Crippen molar-refractivity contribution in [3.05, 3.63) is 60.2 Å². The molecule has 0 N–H and O–H groups in total. The van der Waals surface area contributed by atoms with Crippen molar-refractivity contribution in [2.45, 2.75) is 51.9 Å². The third kappa shape index (κ3) is 3.41. The maximum absolute atomic E-state index is 4.76. The second-order valence-electron chi connectivity index (χ2n) is 7.66. The average molecular weight is 346 g/mol. The Morgan fingerprint density at radius 2 is 1.77 bits per heavy atom. The SMILES string of the molecule is CC(C)Cc1nnc(-c2ccc(C3CCCC3)nc2)n1-c1ccccc1. The van der Waals surface area contributed by atoms with E-state index in [0.717, 1.165) is 29.3 Å². The van der Waals surface area contributed by atoms with E-state index in [9.17, 15) is 0 Å². The minimum absolute atomic E-state index is 0.525. The molecule has 2 heterocycles. The Kier molecular flexibility index (Phi) is 4.83. The van der Waals surface area contributed by atoms with Crippen molar-refractivity contribution in [2.75, 3.05) is 0 Å². The average Bonchev–Trinajstić information content (AvgIpc) is 3.32. The molecule has 3 aromatic rings. The van der Waals surface area contributed by atoms with Crippen molar-refractivity contribution in [1.82, 2.24) is 19.7 Å². The molecule has 0 bridgehead atoms. The summed E-state index contributed by atoms with van der Waals surface area (Å²) in [6, 6.07) is 14.7. The van der Waals surface area contributed by atoms with Crippen molar-refractivity contribution in [2.24, 2.45) is 5.92 Å². The summed E-state index contributed by atoms with van der Waals surface area (Å²) in [5, 5.41) is 9.01. The first-order valence-electron chi connectivity index (χ1n) is 9.68. The van der Waals surface area contributed by atoms with Gasteiger partial charge in [-0.15, -0.1) is 10.2 Å². The lowest BCUT2D eigenvalue weighted by Gasteiger charge is -2.13. The molecular weight excluding hydrogens is 320 g/mol. The van der Waals surface area contributed by atoms with Gasteiger partial charge in [0, 0.05) is 35.5 Å². The van der Waals surface area contributed by atoms with E-state index in [2.05, 4.69) is 65.0 Å². The number of aromatic nitrogens is 4. The number of para-hydroxylation sites is 1. The summed E-state index contributed by atoms with van der Waals surface area (Å²) in [7, 11) is 0. The molecule has 1 aromatic carbocycles. The molecular formula is C22H26N4. The lowest BCUT2D eigenvalue weighted by Crippen LogP contribution is -2.06. The van der Waals surface area contributed by atoms with Crippen LogP contribution in [0.1, 0.15) is 57.0 Å². The van der Waals surface area contributed by atoms with Gasteiger partial charge in [-0.3, -0.25) is 9.55 Å².